The van der Waals surface area contributed by atoms with E-state index in [0.29, 0.717) is 6.42 Å². The molecule has 0 bridgehead atoms. The fourth-order valence-corrected chi connectivity index (χ4v) is 5.69. The number of hydrogen-bond acceptors (Lipinski definition) is 4. The fourth-order valence-electron chi connectivity index (χ4n) is 4.69. The van der Waals surface area contributed by atoms with E-state index in [0.717, 1.165) is 39.3 Å². The highest BCUT2D eigenvalue weighted by Gasteiger charge is 2.54. The Kier molecular flexibility index (Phi) is 5.27. The molecule has 1 saturated heterocycles. The van der Waals surface area contributed by atoms with Gasteiger partial charge in [0.25, 0.3) is 5.91 Å². The van der Waals surface area contributed by atoms with Crippen molar-refractivity contribution >= 4 is 29.2 Å². The number of carbonyl (C=O) groups is 3. The molecule has 4 amide bonds. The smallest absolute Gasteiger partial charge is 0.325 e. The summed E-state index contributed by atoms with van der Waals surface area (Å²) in [6.07, 6.45) is 2.29. The van der Waals surface area contributed by atoms with Crippen molar-refractivity contribution in [2.75, 3.05) is 6.54 Å². The third-order valence-electron chi connectivity index (χ3n) is 6.21. The zero-order chi connectivity index (χ0) is 22.1. The summed E-state index contributed by atoms with van der Waals surface area (Å²) in [5.74, 6) is -0.724. The molecule has 6 nitrogen and oxygen atoms in total. The van der Waals surface area contributed by atoms with Crippen molar-refractivity contribution in [3.63, 3.8) is 0 Å². The van der Waals surface area contributed by atoms with Gasteiger partial charge in [0.2, 0.25) is 5.91 Å². The highest BCUT2D eigenvalue weighted by Crippen LogP contribution is 2.42. The second kappa shape index (κ2) is 8.24. The van der Waals surface area contributed by atoms with Crippen molar-refractivity contribution in [2.24, 2.45) is 0 Å². The number of rotatable bonds is 5. The van der Waals surface area contributed by atoms with Crippen molar-refractivity contribution in [3.8, 4) is 0 Å². The third-order valence-corrected chi connectivity index (χ3v) is 7.19. The minimum atomic E-state index is -1.04. The van der Waals surface area contributed by atoms with Crippen LogP contribution in [0.25, 0.3) is 0 Å². The molecule has 5 rings (SSSR count). The SMILES string of the molecule is O=C(CN1C(=O)NC2(CCCc3sccc32)C1=O)NC(c1ccccc1)c1ccccc1. The van der Waals surface area contributed by atoms with Crippen LogP contribution in [0, 0.1) is 0 Å². The van der Waals surface area contributed by atoms with Crippen molar-refractivity contribution < 1.29 is 14.4 Å². The van der Waals surface area contributed by atoms with Crippen LogP contribution in [-0.2, 0) is 21.5 Å². The second-order valence-electron chi connectivity index (χ2n) is 8.16. The zero-order valence-electron chi connectivity index (χ0n) is 17.4. The molecule has 1 aliphatic carbocycles. The summed E-state index contributed by atoms with van der Waals surface area (Å²) in [5.41, 5.74) is 1.69. The van der Waals surface area contributed by atoms with Crippen molar-refractivity contribution in [2.45, 2.75) is 30.8 Å². The molecule has 1 fully saturated rings. The van der Waals surface area contributed by atoms with E-state index in [2.05, 4.69) is 10.6 Å². The Balaban J connectivity index is 1.37. The molecule has 32 heavy (non-hydrogen) atoms. The molecule has 1 spiro atoms. The van der Waals surface area contributed by atoms with Gasteiger partial charge in [-0.15, -0.1) is 11.3 Å². The summed E-state index contributed by atoms with van der Waals surface area (Å²) < 4.78 is 0. The number of nitrogens with one attached hydrogen (secondary N) is 2. The minimum Gasteiger partial charge on any atom is -0.344 e. The monoisotopic (exact) mass is 445 g/mol. The average molecular weight is 446 g/mol. The summed E-state index contributed by atoms with van der Waals surface area (Å²) in [7, 11) is 0. The molecule has 2 N–H and O–H groups in total. The Labute approximate surface area is 190 Å². The number of benzene rings is 2. The number of carbonyl (C=O) groups excluding carboxylic acids is 3. The number of fused-ring (bicyclic) bond motifs is 2. The Morgan fingerprint density at radius 2 is 1.69 bits per heavy atom. The number of urea groups is 1. The van der Waals surface area contributed by atoms with Gasteiger partial charge < -0.3 is 10.6 Å². The van der Waals surface area contributed by atoms with E-state index in [4.69, 9.17) is 0 Å². The number of hydrogen-bond donors (Lipinski definition) is 2. The summed E-state index contributed by atoms with van der Waals surface area (Å²) in [6.45, 7) is -0.317. The first kappa shape index (κ1) is 20.5. The highest BCUT2D eigenvalue weighted by molar-refractivity contribution is 7.10. The Morgan fingerprint density at radius 1 is 1.03 bits per heavy atom. The topological polar surface area (TPSA) is 78.5 Å². The van der Waals surface area contributed by atoms with Crippen LogP contribution in [0.2, 0.25) is 0 Å². The fraction of sp³-hybridized carbons (Fsp3) is 0.240. The molecule has 2 aliphatic rings. The lowest BCUT2D eigenvalue weighted by Crippen LogP contribution is -2.47. The van der Waals surface area contributed by atoms with Crippen LogP contribution in [0.1, 0.15) is 40.5 Å². The normalized spacial score (nSPS) is 19.8. The van der Waals surface area contributed by atoms with Gasteiger partial charge in [0.1, 0.15) is 12.1 Å². The largest absolute Gasteiger partial charge is 0.344 e. The molecular weight excluding hydrogens is 422 g/mol. The molecule has 0 radical (unpaired) electrons. The highest BCUT2D eigenvalue weighted by atomic mass is 32.1. The zero-order valence-corrected chi connectivity index (χ0v) is 18.2. The van der Waals surface area contributed by atoms with Gasteiger partial charge in [-0.05, 0) is 41.8 Å². The number of thiophene rings is 1. The van der Waals surface area contributed by atoms with E-state index in [-0.39, 0.29) is 24.4 Å². The standard InChI is InChI=1S/C25H23N3O3S/c29-21(26-22(17-8-3-1-4-9-17)18-10-5-2-6-11-18)16-28-23(30)25(27-24(28)31)14-7-12-20-19(25)13-15-32-20/h1-6,8-11,13,15,22H,7,12,14,16H2,(H,26,29)(H,27,31). The number of amides is 4. The Hall–Kier alpha value is -3.45. The molecule has 1 aliphatic heterocycles. The second-order valence-corrected chi connectivity index (χ2v) is 9.16. The van der Waals surface area contributed by atoms with Gasteiger partial charge in [-0.3, -0.25) is 14.5 Å². The molecule has 7 heteroatoms. The van der Waals surface area contributed by atoms with E-state index in [1.54, 1.807) is 11.3 Å². The lowest BCUT2D eigenvalue weighted by Gasteiger charge is -2.31. The van der Waals surface area contributed by atoms with Gasteiger partial charge in [-0.2, -0.15) is 0 Å². The van der Waals surface area contributed by atoms with Gasteiger partial charge >= 0.3 is 6.03 Å². The molecule has 2 aromatic carbocycles. The molecule has 1 aromatic heterocycles. The van der Waals surface area contributed by atoms with Crippen molar-refractivity contribution in [1.82, 2.24) is 15.5 Å². The Morgan fingerprint density at radius 3 is 2.34 bits per heavy atom. The van der Waals surface area contributed by atoms with Crippen molar-refractivity contribution in [3.05, 3.63) is 93.7 Å². The third kappa shape index (κ3) is 3.48. The van der Waals surface area contributed by atoms with E-state index in [9.17, 15) is 14.4 Å². The summed E-state index contributed by atoms with van der Waals surface area (Å²) in [4.78, 5) is 41.4. The van der Waals surface area contributed by atoms with Crippen molar-refractivity contribution in [1.29, 1.82) is 0 Å². The quantitative estimate of drug-likeness (QED) is 0.588. The Bertz CT molecular complexity index is 1120. The van der Waals surface area contributed by atoms with Gasteiger partial charge in [-0.25, -0.2) is 4.79 Å². The average Bonchev–Trinajstić information content (AvgIpc) is 3.39. The maximum Gasteiger partial charge on any atom is 0.325 e. The van der Waals surface area contributed by atoms with Crippen LogP contribution in [0.15, 0.2) is 72.1 Å². The van der Waals surface area contributed by atoms with Crippen LogP contribution >= 0.6 is 11.3 Å². The lowest BCUT2D eigenvalue weighted by atomic mass is 9.80. The maximum atomic E-state index is 13.4. The van der Waals surface area contributed by atoms with Gasteiger partial charge in [0, 0.05) is 10.4 Å². The minimum absolute atomic E-state index is 0.317. The van der Waals surface area contributed by atoms with E-state index >= 15 is 0 Å². The molecule has 2 heterocycles. The predicted molar refractivity (Wildman–Crippen MR) is 122 cm³/mol. The summed E-state index contributed by atoms with van der Waals surface area (Å²) in [5, 5.41) is 7.87. The number of imide groups is 1. The molecule has 1 unspecified atom stereocenters. The molecular formula is C25H23N3O3S. The molecule has 1 atom stereocenters. The van der Waals surface area contributed by atoms with Gasteiger partial charge in [0.05, 0.1) is 6.04 Å². The number of aryl methyl sites for hydroxylation is 1. The van der Waals surface area contributed by atoms with Crippen LogP contribution in [0.4, 0.5) is 4.79 Å². The van der Waals surface area contributed by atoms with E-state index in [1.165, 1.54) is 0 Å². The molecule has 0 saturated carbocycles. The molecule has 3 aromatic rings. The first-order valence-corrected chi connectivity index (χ1v) is 11.6. The summed E-state index contributed by atoms with van der Waals surface area (Å²) in [6, 6.07) is 20.3. The number of nitrogens with zero attached hydrogens (tertiary/aromatic N) is 1. The van der Waals surface area contributed by atoms with Gasteiger partial charge in [0.15, 0.2) is 0 Å². The van der Waals surface area contributed by atoms with Crippen LogP contribution < -0.4 is 10.6 Å². The van der Waals surface area contributed by atoms with Crippen LogP contribution in [0.5, 0.6) is 0 Å². The first-order chi connectivity index (χ1) is 15.6. The lowest BCUT2D eigenvalue weighted by molar-refractivity contribution is -0.135. The van der Waals surface area contributed by atoms with E-state index in [1.807, 2.05) is 72.1 Å². The van der Waals surface area contributed by atoms with Gasteiger partial charge in [-0.1, -0.05) is 60.7 Å². The maximum absolute atomic E-state index is 13.4. The van der Waals surface area contributed by atoms with E-state index < -0.39 is 11.6 Å². The first-order valence-electron chi connectivity index (χ1n) is 10.7. The van der Waals surface area contributed by atoms with Crippen LogP contribution in [0.3, 0.4) is 0 Å². The van der Waals surface area contributed by atoms with Crippen LogP contribution in [-0.4, -0.2) is 29.3 Å². The molecule has 162 valence electrons. The predicted octanol–water partition coefficient (Wildman–Crippen LogP) is 3.74. The summed E-state index contributed by atoms with van der Waals surface area (Å²) >= 11 is 1.61.